The van der Waals surface area contributed by atoms with Crippen LogP contribution in [-0.4, -0.2) is 27.9 Å². The second-order valence-electron chi connectivity index (χ2n) is 7.49. The predicted octanol–water partition coefficient (Wildman–Crippen LogP) is 5.49. The van der Waals surface area contributed by atoms with Crippen LogP contribution in [0.25, 0.3) is 11.3 Å². The highest BCUT2D eigenvalue weighted by Crippen LogP contribution is 2.33. The molecule has 2 aromatic carbocycles. The molecule has 170 valence electrons. The minimum Gasteiger partial charge on any atom is -0.482 e. The Bertz CT molecular complexity index is 1440. The summed E-state index contributed by atoms with van der Waals surface area (Å²) >= 11 is 7.56. The van der Waals surface area contributed by atoms with Crippen molar-refractivity contribution in [3.8, 4) is 17.0 Å². The van der Waals surface area contributed by atoms with Crippen molar-refractivity contribution in [3.05, 3.63) is 87.8 Å². The van der Waals surface area contributed by atoms with Crippen molar-refractivity contribution in [2.24, 2.45) is 10.1 Å². The van der Waals surface area contributed by atoms with Crippen LogP contribution in [0.3, 0.4) is 0 Å². The summed E-state index contributed by atoms with van der Waals surface area (Å²) in [5.41, 5.74) is 4.96. The van der Waals surface area contributed by atoms with Gasteiger partial charge in [0.25, 0.3) is 5.91 Å². The van der Waals surface area contributed by atoms with E-state index < -0.39 is 0 Å². The van der Waals surface area contributed by atoms with Crippen molar-refractivity contribution in [2.45, 2.75) is 13.3 Å². The molecule has 1 N–H and O–H groups in total. The molecule has 0 spiro atoms. The lowest BCUT2D eigenvalue weighted by Crippen LogP contribution is -2.25. The van der Waals surface area contributed by atoms with Crippen LogP contribution >= 0.6 is 22.9 Å². The van der Waals surface area contributed by atoms with Crippen LogP contribution in [0.1, 0.15) is 18.9 Å². The Labute approximate surface area is 205 Å². The van der Waals surface area contributed by atoms with Crippen molar-refractivity contribution in [1.29, 1.82) is 0 Å². The van der Waals surface area contributed by atoms with Gasteiger partial charge in [-0.15, -0.1) is 11.3 Å². The molecule has 4 aromatic rings. The van der Waals surface area contributed by atoms with Gasteiger partial charge in [-0.2, -0.15) is 5.10 Å². The summed E-state index contributed by atoms with van der Waals surface area (Å²) in [5, 5.41) is 10.5. The molecule has 34 heavy (non-hydrogen) atoms. The molecule has 0 saturated heterocycles. The van der Waals surface area contributed by atoms with Gasteiger partial charge in [-0.05, 0) is 54.4 Å². The molecule has 7 nitrogen and oxygen atoms in total. The molecule has 1 aliphatic heterocycles. The van der Waals surface area contributed by atoms with Crippen LogP contribution in [0.15, 0.2) is 82.5 Å². The molecule has 5 rings (SSSR count). The van der Waals surface area contributed by atoms with Crippen molar-refractivity contribution < 1.29 is 9.53 Å². The maximum Gasteiger partial charge on any atom is 0.262 e. The number of thiazole rings is 1. The Morgan fingerprint density at radius 3 is 2.85 bits per heavy atom. The standard InChI is InChI=1S/C25H20ClN5O2S/c1-2-20(16-5-8-18(26)9-6-16)30-31-22(15-34-25(31)28-19-4-3-11-27-13-19)17-7-10-23-21(12-17)29-24(32)14-33-23/h3-13,15H,2,14H2,1H3,(H,29,32). The number of nitrogens with zero attached hydrogens (tertiary/aromatic N) is 4. The zero-order valence-electron chi connectivity index (χ0n) is 18.2. The number of nitrogens with one attached hydrogen (secondary N) is 1. The van der Waals surface area contributed by atoms with Gasteiger partial charge in [0.15, 0.2) is 6.61 Å². The van der Waals surface area contributed by atoms with Gasteiger partial charge >= 0.3 is 0 Å². The molecule has 0 aliphatic carbocycles. The molecule has 1 aliphatic rings. The second-order valence-corrected chi connectivity index (χ2v) is 8.77. The van der Waals surface area contributed by atoms with E-state index in [9.17, 15) is 4.79 Å². The van der Waals surface area contributed by atoms with Gasteiger partial charge in [0.05, 0.1) is 29.0 Å². The zero-order valence-corrected chi connectivity index (χ0v) is 19.8. The number of halogens is 1. The number of fused-ring (bicyclic) bond motifs is 1. The lowest BCUT2D eigenvalue weighted by Gasteiger charge is -2.18. The molecule has 9 heteroatoms. The summed E-state index contributed by atoms with van der Waals surface area (Å²) < 4.78 is 7.34. The Morgan fingerprint density at radius 1 is 1.24 bits per heavy atom. The van der Waals surface area contributed by atoms with Crippen molar-refractivity contribution in [3.63, 3.8) is 0 Å². The van der Waals surface area contributed by atoms with Crippen LogP contribution < -0.4 is 14.9 Å². The molecule has 3 heterocycles. The fourth-order valence-corrected chi connectivity index (χ4v) is 4.52. The number of ether oxygens (including phenoxy) is 1. The molecule has 0 radical (unpaired) electrons. The number of carbonyl (C=O) groups excluding carboxylic acids is 1. The maximum atomic E-state index is 11.8. The minimum atomic E-state index is -0.177. The molecule has 0 saturated carbocycles. The molecule has 2 aromatic heterocycles. The molecular weight excluding hydrogens is 470 g/mol. The second kappa shape index (κ2) is 9.62. The van der Waals surface area contributed by atoms with E-state index >= 15 is 0 Å². The summed E-state index contributed by atoms with van der Waals surface area (Å²) in [4.78, 5) is 21.5. The lowest BCUT2D eigenvalue weighted by atomic mass is 10.1. The first-order chi connectivity index (χ1) is 16.6. The number of hydrogen-bond donors (Lipinski definition) is 1. The monoisotopic (exact) mass is 489 g/mol. The number of carbonyl (C=O) groups is 1. The van der Waals surface area contributed by atoms with E-state index in [2.05, 4.69) is 17.2 Å². The summed E-state index contributed by atoms with van der Waals surface area (Å²) in [6.07, 6.45) is 4.13. The van der Waals surface area contributed by atoms with E-state index in [1.54, 1.807) is 12.4 Å². The molecule has 0 bridgehead atoms. The van der Waals surface area contributed by atoms with Gasteiger partial charge in [0, 0.05) is 22.2 Å². The molecule has 0 fully saturated rings. The quantitative estimate of drug-likeness (QED) is 0.376. The third kappa shape index (κ3) is 4.64. The lowest BCUT2D eigenvalue weighted by molar-refractivity contribution is -0.118. The average molecular weight is 490 g/mol. The van der Waals surface area contributed by atoms with Gasteiger partial charge in [0.1, 0.15) is 5.75 Å². The number of aromatic nitrogens is 2. The number of amides is 1. The Hall–Kier alpha value is -3.75. The topological polar surface area (TPSA) is 80.9 Å². The van der Waals surface area contributed by atoms with Crippen molar-refractivity contribution in [2.75, 3.05) is 11.9 Å². The number of anilines is 1. The van der Waals surface area contributed by atoms with Gasteiger partial charge in [-0.25, -0.2) is 9.67 Å². The smallest absolute Gasteiger partial charge is 0.262 e. The third-order valence-electron chi connectivity index (χ3n) is 5.20. The molecule has 0 atom stereocenters. The zero-order chi connectivity index (χ0) is 23.5. The number of hydrogen-bond acceptors (Lipinski definition) is 6. The van der Waals surface area contributed by atoms with E-state index in [0.717, 1.165) is 28.2 Å². The summed E-state index contributed by atoms with van der Waals surface area (Å²) in [5.74, 6) is 0.466. The van der Waals surface area contributed by atoms with Crippen molar-refractivity contribution >= 4 is 45.9 Å². The number of rotatable bonds is 5. The highest BCUT2D eigenvalue weighted by Gasteiger charge is 2.18. The average Bonchev–Trinajstić information content (AvgIpc) is 3.25. The van der Waals surface area contributed by atoms with E-state index in [1.807, 2.05) is 64.7 Å². The fourth-order valence-electron chi connectivity index (χ4n) is 3.54. The summed E-state index contributed by atoms with van der Waals surface area (Å²) in [6.45, 7) is 2.08. The highest BCUT2D eigenvalue weighted by atomic mass is 35.5. The van der Waals surface area contributed by atoms with E-state index in [1.165, 1.54) is 11.3 Å². The first kappa shape index (κ1) is 22.1. The maximum absolute atomic E-state index is 11.8. The third-order valence-corrected chi connectivity index (χ3v) is 6.27. The van der Waals surface area contributed by atoms with Gasteiger partial charge in [-0.3, -0.25) is 9.78 Å². The SMILES string of the molecule is CCC(=Nn1c(-c2ccc3c(c2)NC(=O)CO3)csc1=Nc1cccnc1)c1ccc(Cl)cc1. The van der Waals surface area contributed by atoms with E-state index in [4.69, 9.17) is 26.4 Å². The van der Waals surface area contributed by atoms with Crippen LogP contribution in [-0.2, 0) is 4.79 Å². The van der Waals surface area contributed by atoms with E-state index in [0.29, 0.717) is 27.7 Å². The number of pyridine rings is 1. The Morgan fingerprint density at radius 2 is 2.09 bits per heavy atom. The number of benzene rings is 2. The molecule has 1 amide bonds. The van der Waals surface area contributed by atoms with Crippen LogP contribution in [0.5, 0.6) is 5.75 Å². The van der Waals surface area contributed by atoms with Crippen molar-refractivity contribution in [1.82, 2.24) is 9.66 Å². The summed E-state index contributed by atoms with van der Waals surface area (Å²) in [7, 11) is 0. The van der Waals surface area contributed by atoms with Gasteiger partial charge < -0.3 is 10.1 Å². The molecule has 0 unspecified atom stereocenters. The van der Waals surface area contributed by atoms with Crippen LogP contribution in [0, 0.1) is 0 Å². The van der Waals surface area contributed by atoms with Gasteiger partial charge in [-0.1, -0.05) is 30.7 Å². The predicted molar refractivity (Wildman–Crippen MR) is 135 cm³/mol. The summed E-state index contributed by atoms with van der Waals surface area (Å²) in [6, 6.07) is 17.1. The fraction of sp³-hybridized carbons (Fsp3) is 0.120. The largest absolute Gasteiger partial charge is 0.482 e. The Kier molecular flexibility index (Phi) is 6.24. The van der Waals surface area contributed by atoms with E-state index in [-0.39, 0.29) is 12.5 Å². The normalized spacial score (nSPS) is 13.9. The van der Waals surface area contributed by atoms with Crippen LogP contribution in [0.2, 0.25) is 5.02 Å². The minimum absolute atomic E-state index is 0.0180. The first-order valence-corrected chi connectivity index (χ1v) is 11.9. The first-order valence-electron chi connectivity index (χ1n) is 10.7. The highest BCUT2D eigenvalue weighted by molar-refractivity contribution is 7.07. The molecular formula is C25H20ClN5O2S. The van der Waals surface area contributed by atoms with Gasteiger partial charge in [0.2, 0.25) is 4.80 Å². The van der Waals surface area contributed by atoms with Crippen LogP contribution in [0.4, 0.5) is 11.4 Å². The Balaban J connectivity index is 1.68.